The van der Waals surface area contributed by atoms with Gasteiger partial charge in [0.25, 0.3) is 5.69 Å². The van der Waals surface area contributed by atoms with Gasteiger partial charge in [0, 0.05) is 11.1 Å². The van der Waals surface area contributed by atoms with Crippen LogP contribution < -0.4 is 0 Å². The number of esters is 1. The van der Waals surface area contributed by atoms with E-state index >= 15 is 0 Å². The summed E-state index contributed by atoms with van der Waals surface area (Å²) in [4.78, 5) is 23.8. The van der Waals surface area contributed by atoms with Crippen LogP contribution >= 0.6 is 15.9 Å². The van der Waals surface area contributed by atoms with Gasteiger partial charge in [-0.3, -0.25) is 10.1 Å². The fourth-order valence-corrected chi connectivity index (χ4v) is 3.67. The van der Waals surface area contributed by atoms with Crippen LogP contribution in [0.4, 0.5) is 5.69 Å². The van der Waals surface area contributed by atoms with Gasteiger partial charge < -0.3 is 9.47 Å². The lowest BCUT2D eigenvalue weighted by Crippen LogP contribution is -2.29. The second-order valence-electron chi connectivity index (χ2n) is 7.55. The Balaban J connectivity index is 2.86. The molecule has 0 aliphatic heterocycles. The highest BCUT2D eigenvalue weighted by atomic mass is 79.9. The SMILES string of the molecule is COC(=O)C(OC(C)(C)C)c1c(-c2ccc(C)cc2)cc(Br)c([N+](=O)[O-])c1C. The highest BCUT2D eigenvalue weighted by Crippen LogP contribution is 2.43. The van der Waals surface area contributed by atoms with Crippen molar-refractivity contribution in [2.75, 3.05) is 7.11 Å². The van der Waals surface area contributed by atoms with Crippen molar-refractivity contribution in [1.29, 1.82) is 0 Å². The van der Waals surface area contributed by atoms with E-state index in [1.54, 1.807) is 13.0 Å². The Bertz CT molecular complexity index is 900. The minimum absolute atomic E-state index is 0.0997. The number of benzene rings is 2. The molecule has 6 nitrogen and oxygen atoms in total. The van der Waals surface area contributed by atoms with E-state index in [0.29, 0.717) is 21.2 Å². The number of halogens is 1. The highest BCUT2D eigenvalue weighted by Gasteiger charge is 2.35. The van der Waals surface area contributed by atoms with Gasteiger partial charge in [-0.15, -0.1) is 0 Å². The topological polar surface area (TPSA) is 78.7 Å². The minimum Gasteiger partial charge on any atom is -0.467 e. The first-order chi connectivity index (χ1) is 13.0. The zero-order valence-corrected chi connectivity index (χ0v) is 18.4. The molecule has 0 aliphatic carbocycles. The monoisotopic (exact) mass is 449 g/mol. The largest absolute Gasteiger partial charge is 0.467 e. The van der Waals surface area contributed by atoms with Gasteiger partial charge in [0.2, 0.25) is 0 Å². The maximum atomic E-state index is 12.6. The number of nitrogens with zero attached hydrogens (tertiary/aromatic N) is 1. The normalized spacial score (nSPS) is 12.5. The Morgan fingerprint density at radius 3 is 2.21 bits per heavy atom. The summed E-state index contributed by atoms with van der Waals surface area (Å²) in [7, 11) is 1.27. The molecule has 2 aromatic carbocycles. The fraction of sp³-hybridized carbons (Fsp3) is 0.381. The first-order valence-corrected chi connectivity index (χ1v) is 9.55. The molecule has 0 aromatic heterocycles. The molecule has 150 valence electrons. The summed E-state index contributed by atoms with van der Waals surface area (Å²) in [6.07, 6.45) is -1.10. The zero-order valence-electron chi connectivity index (χ0n) is 16.8. The lowest BCUT2D eigenvalue weighted by atomic mass is 9.90. The average molecular weight is 450 g/mol. The van der Waals surface area contributed by atoms with E-state index in [0.717, 1.165) is 11.1 Å². The van der Waals surface area contributed by atoms with Crippen LogP contribution in [0.3, 0.4) is 0 Å². The fourth-order valence-electron chi connectivity index (χ4n) is 3.00. The molecule has 1 unspecified atom stereocenters. The van der Waals surface area contributed by atoms with Crippen LogP contribution in [-0.4, -0.2) is 23.6 Å². The molecule has 0 amide bonds. The van der Waals surface area contributed by atoms with Gasteiger partial charge in [0.15, 0.2) is 6.10 Å². The van der Waals surface area contributed by atoms with Crippen molar-refractivity contribution in [1.82, 2.24) is 0 Å². The summed E-state index contributed by atoms with van der Waals surface area (Å²) in [6, 6.07) is 9.38. The lowest BCUT2D eigenvalue weighted by molar-refractivity contribution is -0.386. The van der Waals surface area contributed by atoms with Crippen molar-refractivity contribution in [2.45, 2.75) is 46.3 Å². The molecular formula is C21H24BrNO5. The quantitative estimate of drug-likeness (QED) is 0.333. The smallest absolute Gasteiger partial charge is 0.339 e. The molecule has 7 heteroatoms. The Morgan fingerprint density at radius 1 is 1.18 bits per heavy atom. The lowest BCUT2D eigenvalue weighted by Gasteiger charge is -2.28. The number of carbonyl (C=O) groups is 1. The number of aryl methyl sites for hydroxylation is 1. The summed E-state index contributed by atoms with van der Waals surface area (Å²) in [5.74, 6) is -0.608. The summed E-state index contributed by atoms with van der Waals surface area (Å²) >= 11 is 3.31. The van der Waals surface area contributed by atoms with Crippen molar-refractivity contribution in [3.8, 4) is 11.1 Å². The predicted molar refractivity (Wildman–Crippen MR) is 111 cm³/mol. The maximum absolute atomic E-state index is 12.6. The van der Waals surface area contributed by atoms with Gasteiger partial charge >= 0.3 is 5.97 Å². The van der Waals surface area contributed by atoms with Crippen LogP contribution in [0.2, 0.25) is 0 Å². The summed E-state index contributed by atoms with van der Waals surface area (Å²) < 4.78 is 11.3. The van der Waals surface area contributed by atoms with Crippen molar-refractivity contribution in [3.05, 3.63) is 61.6 Å². The molecular weight excluding hydrogens is 426 g/mol. The maximum Gasteiger partial charge on any atom is 0.339 e. The molecule has 0 N–H and O–H groups in total. The van der Waals surface area contributed by atoms with E-state index in [1.165, 1.54) is 7.11 Å². The molecule has 0 bridgehead atoms. The Morgan fingerprint density at radius 2 is 1.75 bits per heavy atom. The van der Waals surface area contributed by atoms with Crippen LogP contribution in [0.25, 0.3) is 11.1 Å². The van der Waals surface area contributed by atoms with Crippen molar-refractivity contribution in [2.24, 2.45) is 0 Å². The van der Waals surface area contributed by atoms with Crippen molar-refractivity contribution in [3.63, 3.8) is 0 Å². The first kappa shape index (κ1) is 22.0. The van der Waals surface area contributed by atoms with E-state index in [4.69, 9.17) is 9.47 Å². The number of hydrogen-bond donors (Lipinski definition) is 0. The molecule has 0 saturated carbocycles. The molecule has 1 atom stereocenters. The van der Waals surface area contributed by atoms with E-state index in [2.05, 4.69) is 15.9 Å². The molecule has 0 fully saturated rings. The number of ether oxygens (including phenoxy) is 2. The zero-order chi connectivity index (χ0) is 21.2. The van der Waals surface area contributed by atoms with Crippen molar-refractivity contribution < 1.29 is 19.2 Å². The van der Waals surface area contributed by atoms with Crippen molar-refractivity contribution >= 4 is 27.6 Å². The number of nitro groups is 1. The van der Waals surface area contributed by atoms with E-state index in [9.17, 15) is 14.9 Å². The third kappa shape index (κ3) is 4.77. The molecule has 0 spiro atoms. The van der Waals surface area contributed by atoms with Gasteiger partial charge in [0.1, 0.15) is 0 Å². The number of carbonyl (C=O) groups excluding carboxylic acids is 1. The average Bonchev–Trinajstić information content (AvgIpc) is 2.58. The predicted octanol–water partition coefficient (Wildman–Crippen LogP) is 5.67. The summed E-state index contributed by atoms with van der Waals surface area (Å²) in [5, 5.41) is 11.7. The molecule has 0 saturated heterocycles. The number of hydrogen-bond acceptors (Lipinski definition) is 5. The molecule has 28 heavy (non-hydrogen) atoms. The van der Waals surface area contributed by atoms with E-state index in [-0.39, 0.29) is 5.69 Å². The Kier molecular flexibility index (Phi) is 6.62. The number of methoxy groups -OCH3 is 1. The van der Waals surface area contributed by atoms with E-state index < -0.39 is 22.6 Å². The second kappa shape index (κ2) is 8.41. The summed E-state index contributed by atoms with van der Waals surface area (Å²) in [6.45, 7) is 9.05. The summed E-state index contributed by atoms with van der Waals surface area (Å²) in [5.41, 5.74) is 2.60. The highest BCUT2D eigenvalue weighted by molar-refractivity contribution is 9.10. The Labute approximate surface area is 173 Å². The molecule has 0 aliphatic rings. The van der Waals surface area contributed by atoms with Crippen LogP contribution in [-0.2, 0) is 14.3 Å². The molecule has 0 radical (unpaired) electrons. The van der Waals surface area contributed by atoms with Gasteiger partial charge in [-0.05, 0) is 67.7 Å². The molecule has 2 rings (SSSR count). The van der Waals surface area contributed by atoms with Crippen LogP contribution in [0, 0.1) is 24.0 Å². The second-order valence-corrected chi connectivity index (χ2v) is 8.40. The number of rotatable bonds is 5. The van der Waals surface area contributed by atoms with Crippen LogP contribution in [0.5, 0.6) is 0 Å². The third-order valence-electron chi connectivity index (χ3n) is 4.24. The number of nitro benzene ring substituents is 1. The first-order valence-electron chi connectivity index (χ1n) is 8.76. The third-order valence-corrected chi connectivity index (χ3v) is 4.85. The Hall–Kier alpha value is -2.25. The van der Waals surface area contributed by atoms with Crippen LogP contribution in [0.1, 0.15) is 43.6 Å². The van der Waals surface area contributed by atoms with Gasteiger partial charge in [0.05, 0.1) is 22.1 Å². The molecule has 0 heterocycles. The van der Waals surface area contributed by atoms with Gasteiger partial charge in [-0.1, -0.05) is 29.8 Å². The minimum atomic E-state index is -1.10. The van der Waals surface area contributed by atoms with Crippen LogP contribution in [0.15, 0.2) is 34.8 Å². The van der Waals surface area contributed by atoms with Gasteiger partial charge in [-0.2, -0.15) is 0 Å². The van der Waals surface area contributed by atoms with E-state index in [1.807, 2.05) is 52.0 Å². The van der Waals surface area contributed by atoms with Gasteiger partial charge in [-0.25, -0.2) is 4.79 Å². The standard InChI is InChI=1S/C21H24BrNO5/c1-12-7-9-14(10-8-12)15-11-16(22)18(23(25)26)13(2)17(15)19(20(24)27-6)28-21(3,4)5/h7-11,19H,1-6H3. The molecule has 2 aromatic rings.